The minimum absolute atomic E-state index is 0.789. The molecule has 0 spiro atoms. The van der Waals surface area contributed by atoms with E-state index in [9.17, 15) is 0 Å². The Balaban J connectivity index is 1.43. The van der Waals surface area contributed by atoms with Gasteiger partial charge in [0.05, 0.1) is 0 Å². The van der Waals surface area contributed by atoms with E-state index in [0.29, 0.717) is 0 Å². The number of hydrogen-bond acceptors (Lipinski definition) is 7. The third kappa shape index (κ3) is 4.19. The lowest BCUT2D eigenvalue weighted by Crippen LogP contribution is -2.47. The van der Waals surface area contributed by atoms with Crippen LogP contribution in [-0.4, -0.2) is 52.7 Å². The van der Waals surface area contributed by atoms with Gasteiger partial charge in [-0.05, 0) is 24.6 Å². The average molecular weight is 375 g/mol. The van der Waals surface area contributed by atoms with E-state index in [0.717, 1.165) is 57.0 Å². The second kappa shape index (κ2) is 8.65. The van der Waals surface area contributed by atoms with Crippen LogP contribution in [0.15, 0.2) is 61.1 Å². The lowest BCUT2D eigenvalue weighted by atomic mass is 10.2. The maximum Gasteiger partial charge on any atom is 0.227 e. The van der Waals surface area contributed by atoms with Crippen molar-refractivity contribution in [3.8, 4) is 0 Å². The fourth-order valence-corrected chi connectivity index (χ4v) is 3.39. The average Bonchev–Trinajstić information content (AvgIpc) is 2.79. The Morgan fingerprint density at radius 1 is 0.786 bits per heavy atom. The summed E-state index contributed by atoms with van der Waals surface area (Å²) < 4.78 is 0. The zero-order chi connectivity index (χ0) is 19.2. The first-order chi connectivity index (χ1) is 13.8. The molecule has 0 amide bonds. The van der Waals surface area contributed by atoms with E-state index in [-0.39, 0.29) is 0 Å². The lowest BCUT2D eigenvalue weighted by molar-refractivity contribution is 0.627. The van der Waals surface area contributed by atoms with Crippen molar-refractivity contribution in [1.29, 1.82) is 0 Å². The molecule has 7 nitrogen and oxygen atoms in total. The van der Waals surface area contributed by atoms with Gasteiger partial charge in [-0.25, -0.2) is 15.0 Å². The monoisotopic (exact) mass is 375 g/mol. The molecule has 1 saturated heterocycles. The molecule has 0 aliphatic carbocycles. The lowest BCUT2D eigenvalue weighted by Gasteiger charge is -2.35. The van der Waals surface area contributed by atoms with Gasteiger partial charge in [0.15, 0.2) is 0 Å². The zero-order valence-corrected chi connectivity index (χ0v) is 16.1. The molecule has 0 saturated carbocycles. The van der Waals surface area contributed by atoms with Crippen molar-refractivity contribution in [3.63, 3.8) is 0 Å². The molecule has 3 heterocycles. The molecule has 1 fully saturated rings. The first kappa shape index (κ1) is 18.2. The van der Waals surface area contributed by atoms with Crippen LogP contribution in [0, 0.1) is 0 Å². The highest BCUT2D eigenvalue weighted by Crippen LogP contribution is 2.19. The molecule has 144 valence electrons. The largest absolute Gasteiger partial charge is 0.352 e. The van der Waals surface area contributed by atoms with E-state index < -0.39 is 0 Å². The standard InChI is InChI=1S/C21H25N7/c1-2-26(17-18-7-4-3-5-8-18)19-9-12-24-21(25-19)28-15-13-27(14-16-28)20-22-10-6-11-23-20/h3-12H,2,13-17H2,1H3. The Kier molecular flexibility index (Phi) is 5.61. The van der Waals surface area contributed by atoms with Gasteiger partial charge >= 0.3 is 0 Å². The number of piperazine rings is 1. The van der Waals surface area contributed by atoms with Crippen molar-refractivity contribution in [2.45, 2.75) is 13.5 Å². The van der Waals surface area contributed by atoms with Crippen LogP contribution < -0.4 is 14.7 Å². The van der Waals surface area contributed by atoms with Gasteiger partial charge in [0.1, 0.15) is 5.82 Å². The summed E-state index contributed by atoms with van der Waals surface area (Å²) in [5, 5.41) is 0. The van der Waals surface area contributed by atoms with Gasteiger partial charge in [-0.15, -0.1) is 0 Å². The highest BCUT2D eigenvalue weighted by molar-refractivity contribution is 5.45. The number of benzene rings is 1. The third-order valence-corrected chi connectivity index (χ3v) is 4.95. The van der Waals surface area contributed by atoms with Crippen LogP contribution >= 0.6 is 0 Å². The van der Waals surface area contributed by atoms with Crippen molar-refractivity contribution in [3.05, 3.63) is 66.6 Å². The Bertz CT molecular complexity index is 864. The molecule has 0 N–H and O–H groups in total. The van der Waals surface area contributed by atoms with Crippen LogP contribution in [0.5, 0.6) is 0 Å². The molecule has 1 aromatic carbocycles. The van der Waals surface area contributed by atoms with Gasteiger partial charge in [0.2, 0.25) is 11.9 Å². The fourth-order valence-electron chi connectivity index (χ4n) is 3.39. The Labute approximate surface area is 165 Å². The van der Waals surface area contributed by atoms with E-state index in [1.165, 1.54) is 5.56 Å². The summed E-state index contributed by atoms with van der Waals surface area (Å²) in [6.07, 6.45) is 5.43. The number of nitrogens with zero attached hydrogens (tertiary/aromatic N) is 7. The smallest absolute Gasteiger partial charge is 0.227 e. The molecule has 3 aromatic rings. The third-order valence-electron chi connectivity index (χ3n) is 4.95. The van der Waals surface area contributed by atoms with Gasteiger partial charge in [-0.1, -0.05) is 30.3 Å². The SMILES string of the molecule is CCN(Cc1ccccc1)c1ccnc(N2CCN(c3ncccn3)CC2)n1. The Morgan fingerprint density at radius 2 is 1.43 bits per heavy atom. The normalized spacial score (nSPS) is 14.2. The van der Waals surface area contributed by atoms with Crippen LogP contribution in [0.25, 0.3) is 0 Å². The quantitative estimate of drug-likeness (QED) is 0.656. The number of hydrogen-bond donors (Lipinski definition) is 0. The molecule has 7 heteroatoms. The molecule has 2 aromatic heterocycles. The molecule has 0 bridgehead atoms. The summed E-state index contributed by atoms with van der Waals surface area (Å²) in [7, 11) is 0. The number of rotatable bonds is 6. The van der Waals surface area contributed by atoms with Crippen LogP contribution in [-0.2, 0) is 6.54 Å². The van der Waals surface area contributed by atoms with Crippen molar-refractivity contribution in [2.24, 2.45) is 0 Å². The minimum atomic E-state index is 0.789. The molecule has 4 rings (SSSR count). The Morgan fingerprint density at radius 3 is 2.11 bits per heavy atom. The Hall–Kier alpha value is -3.22. The van der Waals surface area contributed by atoms with Gasteiger partial charge in [-0.3, -0.25) is 0 Å². The van der Waals surface area contributed by atoms with Gasteiger partial charge < -0.3 is 14.7 Å². The second-order valence-corrected chi connectivity index (χ2v) is 6.74. The molecule has 0 radical (unpaired) electrons. The molecule has 1 aliphatic rings. The summed E-state index contributed by atoms with van der Waals surface area (Å²) in [4.78, 5) is 24.8. The van der Waals surface area contributed by atoms with Crippen molar-refractivity contribution < 1.29 is 0 Å². The first-order valence-corrected chi connectivity index (χ1v) is 9.72. The molecule has 0 unspecified atom stereocenters. The summed E-state index contributed by atoms with van der Waals surface area (Å²) in [5.41, 5.74) is 1.28. The molecule has 1 aliphatic heterocycles. The van der Waals surface area contributed by atoms with Crippen LogP contribution in [0.1, 0.15) is 12.5 Å². The molecule has 0 atom stereocenters. The predicted molar refractivity (Wildman–Crippen MR) is 112 cm³/mol. The maximum absolute atomic E-state index is 4.85. The minimum Gasteiger partial charge on any atom is -0.352 e. The van der Waals surface area contributed by atoms with E-state index in [1.807, 2.05) is 24.4 Å². The number of aromatic nitrogens is 4. The van der Waals surface area contributed by atoms with E-state index in [1.54, 1.807) is 12.4 Å². The van der Waals surface area contributed by atoms with Crippen LogP contribution in [0.3, 0.4) is 0 Å². The highest BCUT2D eigenvalue weighted by atomic mass is 15.4. The summed E-state index contributed by atoms with van der Waals surface area (Å²) >= 11 is 0. The number of anilines is 3. The molecular weight excluding hydrogens is 350 g/mol. The van der Waals surface area contributed by atoms with Crippen LogP contribution in [0.2, 0.25) is 0 Å². The van der Waals surface area contributed by atoms with Crippen molar-refractivity contribution in [1.82, 2.24) is 19.9 Å². The summed E-state index contributed by atoms with van der Waals surface area (Å²) in [6, 6.07) is 14.3. The first-order valence-electron chi connectivity index (χ1n) is 9.72. The molecular formula is C21H25N7. The van der Waals surface area contributed by atoms with E-state index in [4.69, 9.17) is 4.98 Å². The summed E-state index contributed by atoms with van der Waals surface area (Å²) in [5.74, 6) is 2.54. The van der Waals surface area contributed by atoms with Crippen LogP contribution in [0.4, 0.5) is 17.7 Å². The summed E-state index contributed by atoms with van der Waals surface area (Å²) in [6.45, 7) is 7.32. The fraction of sp³-hybridized carbons (Fsp3) is 0.333. The second-order valence-electron chi connectivity index (χ2n) is 6.74. The zero-order valence-electron chi connectivity index (χ0n) is 16.1. The van der Waals surface area contributed by atoms with E-state index in [2.05, 4.69) is 60.8 Å². The molecule has 28 heavy (non-hydrogen) atoms. The topological polar surface area (TPSA) is 61.3 Å². The predicted octanol–water partition coefficient (Wildman–Crippen LogP) is 2.62. The van der Waals surface area contributed by atoms with Crippen molar-refractivity contribution >= 4 is 17.7 Å². The van der Waals surface area contributed by atoms with Crippen molar-refractivity contribution in [2.75, 3.05) is 47.4 Å². The van der Waals surface area contributed by atoms with Gasteiger partial charge in [-0.2, -0.15) is 4.98 Å². The highest BCUT2D eigenvalue weighted by Gasteiger charge is 2.21. The van der Waals surface area contributed by atoms with Gasteiger partial charge in [0.25, 0.3) is 0 Å². The maximum atomic E-state index is 4.85. The van der Waals surface area contributed by atoms with E-state index >= 15 is 0 Å². The van der Waals surface area contributed by atoms with Gasteiger partial charge in [0, 0.05) is 57.9 Å².